The predicted octanol–water partition coefficient (Wildman–Crippen LogP) is 4.63. The lowest BCUT2D eigenvalue weighted by Gasteiger charge is -2.08. The number of ether oxygens (including phenoxy) is 1. The van der Waals surface area contributed by atoms with Gasteiger partial charge in [0.1, 0.15) is 23.9 Å². The summed E-state index contributed by atoms with van der Waals surface area (Å²) in [6, 6.07) is 16.5. The minimum atomic E-state index is -3.47. The van der Waals surface area contributed by atoms with E-state index in [-0.39, 0.29) is 23.1 Å². The summed E-state index contributed by atoms with van der Waals surface area (Å²) in [5.41, 5.74) is 1.47. The van der Waals surface area contributed by atoms with Crippen molar-refractivity contribution in [3.05, 3.63) is 88.8 Å². The molecule has 0 aliphatic heterocycles. The highest BCUT2D eigenvalue weighted by Crippen LogP contribution is 2.23. The first-order valence-corrected chi connectivity index (χ1v) is 11.7. The molecular formula is C21H17FN2O4S2. The van der Waals surface area contributed by atoms with Crippen molar-refractivity contribution in [3.8, 4) is 16.5 Å². The van der Waals surface area contributed by atoms with Gasteiger partial charge in [0.15, 0.2) is 15.7 Å². The predicted molar refractivity (Wildman–Crippen MR) is 111 cm³/mol. The number of hydrogen-bond acceptors (Lipinski definition) is 7. The molecule has 0 unspecified atom stereocenters. The number of aromatic nitrogens is 2. The second-order valence-corrected chi connectivity index (χ2v) is 9.60. The summed E-state index contributed by atoms with van der Waals surface area (Å²) < 4.78 is 48.7. The smallest absolute Gasteiger partial charge is 0.268 e. The maximum Gasteiger partial charge on any atom is 0.268 e. The van der Waals surface area contributed by atoms with Crippen molar-refractivity contribution < 1.29 is 22.1 Å². The summed E-state index contributed by atoms with van der Waals surface area (Å²) in [5, 5.41) is 5.65. The minimum absolute atomic E-state index is 0.137. The molecule has 0 aliphatic rings. The van der Waals surface area contributed by atoms with Crippen LogP contribution in [0.3, 0.4) is 0 Å². The van der Waals surface area contributed by atoms with Crippen LogP contribution in [0.1, 0.15) is 17.0 Å². The monoisotopic (exact) mass is 444 g/mol. The van der Waals surface area contributed by atoms with E-state index in [2.05, 4.69) is 10.1 Å². The van der Waals surface area contributed by atoms with Crippen LogP contribution in [0.5, 0.6) is 5.75 Å². The van der Waals surface area contributed by atoms with Gasteiger partial charge in [-0.05, 0) is 46.8 Å². The number of nitrogens with zero attached hydrogens (tertiary/aromatic N) is 2. The Morgan fingerprint density at radius 1 is 0.967 bits per heavy atom. The van der Waals surface area contributed by atoms with Gasteiger partial charge in [-0.2, -0.15) is 4.98 Å². The number of halogens is 1. The van der Waals surface area contributed by atoms with Crippen molar-refractivity contribution in [3.63, 3.8) is 0 Å². The molecule has 9 heteroatoms. The average Bonchev–Trinajstić information content (AvgIpc) is 3.40. The van der Waals surface area contributed by atoms with E-state index in [4.69, 9.17) is 9.26 Å². The van der Waals surface area contributed by atoms with E-state index >= 15 is 0 Å². The van der Waals surface area contributed by atoms with Crippen LogP contribution < -0.4 is 4.74 Å². The van der Waals surface area contributed by atoms with Crippen molar-refractivity contribution >= 4 is 21.2 Å². The fourth-order valence-corrected chi connectivity index (χ4v) is 4.70. The molecule has 2 aromatic carbocycles. The van der Waals surface area contributed by atoms with Crippen LogP contribution in [0.2, 0.25) is 0 Å². The molecule has 0 N–H and O–H groups in total. The minimum Gasteiger partial charge on any atom is -0.489 e. The Hall–Kier alpha value is -3.04. The second kappa shape index (κ2) is 8.76. The molecule has 4 rings (SSSR count). The van der Waals surface area contributed by atoms with Gasteiger partial charge in [-0.1, -0.05) is 35.5 Å². The van der Waals surface area contributed by atoms with Crippen LogP contribution in [0.15, 0.2) is 70.6 Å². The quantitative estimate of drug-likeness (QED) is 0.394. The number of thiophene rings is 1. The largest absolute Gasteiger partial charge is 0.489 e. The highest BCUT2D eigenvalue weighted by molar-refractivity contribution is 7.89. The van der Waals surface area contributed by atoms with Crippen LogP contribution in [0.4, 0.5) is 4.39 Å². The average molecular weight is 445 g/mol. The second-order valence-electron chi connectivity index (χ2n) is 6.58. The van der Waals surface area contributed by atoms with E-state index in [0.717, 1.165) is 10.4 Å². The molecule has 2 aromatic heterocycles. The summed E-state index contributed by atoms with van der Waals surface area (Å²) in [5.74, 6) is 0.307. The molecule has 4 aromatic rings. The van der Waals surface area contributed by atoms with E-state index in [1.165, 1.54) is 23.5 Å². The number of benzene rings is 2. The molecule has 0 radical (unpaired) electrons. The number of rotatable bonds is 8. The Bertz CT molecular complexity index is 1200. The van der Waals surface area contributed by atoms with Crippen LogP contribution in [-0.4, -0.2) is 18.6 Å². The van der Waals surface area contributed by atoms with Crippen molar-refractivity contribution in [2.75, 3.05) is 0 Å². The standard InChI is InChI=1S/C21H17FN2O4S2/c22-17-7-3-15(4-8-17)12-27-18-9-5-16(6-10-18)13-30(25,26)14-20-23-21(28-24-20)19-2-1-11-29-19/h1-11H,12-14H2. The molecule has 6 nitrogen and oxygen atoms in total. The maximum atomic E-state index is 12.9. The Morgan fingerprint density at radius 3 is 2.40 bits per heavy atom. The Morgan fingerprint density at radius 2 is 1.70 bits per heavy atom. The lowest BCUT2D eigenvalue weighted by molar-refractivity contribution is 0.306. The topological polar surface area (TPSA) is 82.3 Å². The zero-order valence-electron chi connectivity index (χ0n) is 15.7. The normalized spacial score (nSPS) is 11.5. The molecule has 0 saturated carbocycles. The Labute approximate surface area is 176 Å². The highest BCUT2D eigenvalue weighted by atomic mass is 32.2. The molecule has 0 bridgehead atoms. The van der Waals surface area contributed by atoms with Crippen molar-refractivity contribution in [1.29, 1.82) is 0 Å². The van der Waals surface area contributed by atoms with Gasteiger partial charge in [0.05, 0.1) is 10.6 Å². The van der Waals surface area contributed by atoms with E-state index in [9.17, 15) is 12.8 Å². The summed E-state index contributed by atoms with van der Waals surface area (Å²) in [4.78, 5) is 4.96. The summed E-state index contributed by atoms with van der Waals surface area (Å²) in [7, 11) is -3.47. The SMILES string of the molecule is O=S(=O)(Cc1ccc(OCc2ccc(F)cc2)cc1)Cc1noc(-c2cccs2)n1. The van der Waals surface area contributed by atoms with Crippen molar-refractivity contribution in [2.45, 2.75) is 18.1 Å². The third kappa shape index (κ3) is 5.31. The van der Waals surface area contributed by atoms with E-state index < -0.39 is 9.84 Å². The van der Waals surface area contributed by atoms with Gasteiger partial charge in [-0.25, -0.2) is 12.8 Å². The van der Waals surface area contributed by atoms with Crippen LogP contribution >= 0.6 is 11.3 Å². The molecular weight excluding hydrogens is 427 g/mol. The third-order valence-electron chi connectivity index (χ3n) is 4.18. The van der Waals surface area contributed by atoms with Crippen molar-refractivity contribution in [2.24, 2.45) is 0 Å². The summed E-state index contributed by atoms with van der Waals surface area (Å²) in [6.07, 6.45) is 0. The van der Waals surface area contributed by atoms with Gasteiger partial charge in [0.2, 0.25) is 0 Å². The van der Waals surface area contributed by atoms with Gasteiger partial charge >= 0.3 is 0 Å². The van der Waals surface area contributed by atoms with Crippen molar-refractivity contribution in [1.82, 2.24) is 10.1 Å². The molecule has 30 heavy (non-hydrogen) atoms. The number of hydrogen-bond donors (Lipinski definition) is 0. The van der Waals surface area contributed by atoms with E-state index in [0.29, 0.717) is 23.8 Å². The lowest BCUT2D eigenvalue weighted by Crippen LogP contribution is -2.08. The fraction of sp³-hybridized carbons (Fsp3) is 0.143. The van der Waals surface area contributed by atoms with E-state index in [1.54, 1.807) is 36.4 Å². The summed E-state index contributed by atoms with van der Waals surface area (Å²) in [6.45, 7) is 0.294. The first kappa shape index (κ1) is 20.2. The zero-order valence-corrected chi connectivity index (χ0v) is 17.3. The first-order valence-electron chi connectivity index (χ1n) is 9.00. The molecule has 0 aliphatic carbocycles. The molecule has 0 spiro atoms. The van der Waals surface area contributed by atoms with Gasteiger partial charge < -0.3 is 9.26 Å². The molecule has 154 valence electrons. The fourth-order valence-electron chi connectivity index (χ4n) is 2.74. The van der Waals surface area contributed by atoms with Crippen LogP contribution in [-0.2, 0) is 27.9 Å². The van der Waals surface area contributed by atoms with E-state index in [1.807, 2.05) is 17.5 Å². The summed E-state index contributed by atoms with van der Waals surface area (Å²) >= 11 is 1.44. The molecule has 2 heterocycles. The third-order valence-corrected chi connectivity index (χ3v) is 6.51. The highest BCUT2D eigenvalue weighted by Gasteiger charge is 2.18. The molecule has 0 fully saturated rings. The molecule has 0 amide bonds. The zero-order chi connectivity index (χ0) is 21.0. The molecule has 0 atom stereocenters. The first-order chi connectivity index (χ1) is 14.5. The van der Waals surface area contributed by atoms with Gasteiger partial charge in [0.25, 0.3) is 5.89 Å². The molecule has 0 saturated heterocycles. The Kier molecular flexibility index (Phi) is 5.91. The lowest BCUT2D eigenvalue weighted by atomic mass is 10.2. The Balaban J connectivity index is 1.34. The van der Waals surface area contributed by atoms with Gasteiger partial charge in [0, 0.05) is 0 Å². The van der Waals surface area contributed by atoms with Crippen LogP contribution in [0, 0.1) is 5.82 Å². The maximum absolute atomic E-state index is 12.9. The number of sulfone groups is 1. The van der Waals surface area contributed by atoms with Crippen LogP contribution in [0.25, 0.3) is 10.8 Å². The van der Waals surface area contributed by atoms with Gasteiger partial charge in [-0.3, -0.25) is 0 Å². The van der Waals surface area contributed by atoms with Gasteiger partial charge in [-0.15, -0.1) is 11.3 Å².